The zero-order valence-corrected chi connectivity index (χ0v) is 16.9. The molecule has 31 heavy (non-hydrogen) atoms. The monoisotopic (exact) mass is 422 g/mol. The fourth-order valence-corrected chi connectivity index (χ4v) is 2.71. The summed E-state index contributed by atoms with van der Waals surface area (Å²) in [4.78, 5) is 22.9. The molecular weight excluding hydrogens is 400 g/mol. The number of carboxylic acid groups (broad SMARTS) is 1. The molecule has 0 atom stereocenters. The van der Waals surface area contributed by atoms with E-state index in [1.165, 1.54) is 12.3 Å². The lowest BCUT2D eigenvalue weighted by Gasteiger charge is -2.11. The molecule has 0 aliphatic heterocycles. The second-order valence-corrected chi connectivity index (χ2v) is 6.45. The number of furan rings is 1. The van der Waals surface area contributed by atoms with Gasteiger partial charge in [-0.25, -0.2) is 10.2 Å². The Balaban J connectivity index is 1.60. The lowest BCUT2D eigenvalue weighted by molar-refractivity contribution is -0.120. The van der Waals surface area contributed by atoms with E-state index >= 15 is 0 Å². The molecule has 8 nitrogen and oxygen atoms in total. The molecule has 1 amide bonds. The van der Waals surface area contributed by atoms with Gasteiger partial charge in [-0.05, 0) is 48.4 Å². The quantitative estimate of drug-likeness (QED) is 0.381. The Morgan fingerprint density at radius 1 is 1.06 bits per heavy atom. The minimum Gasteiger partial charge on any atom is -0.490 e. The smallest absolute Gasteiger partial charge is 0.371 e. The highest BCUT2D eigenvalue weighted by Gasteiger charge is 2.11. The minimum absolute atomic E-state index is 0.0519. The van der Waals surface area contributed by atoms with Crippen LogP contribution >= 0.6 is 0 Å². The molecule has 2 aromatic carbocycles. The van der Waals surface area contributed by atoms with E-state index in [2.05, 4.69) is 10.5 Å². The predicted molar refractivity (Wildman–Crippen MR) is 113 cm³/mol. The average Bonchev–Trinajstić information content (AvgIpc) is 3.24. The molecule has 1 aromatic heterocycles. The Hall–Kier alpha value is -4.07. The maximum atomic E-state index is 12.0. The van der Waals surface area contributed by atoms with Crippen molar-refractivity contribution in [2.45, 2.75) is 20.0 Å². The summed E-state index contributed by atoms with van der Waals surface area (Å²) in [7, 11) is 0. The predicted octanol–water partition coefficient (Wildman–Crippen LogP) is 3.65. The molecule has 0 saturated heterocycles. The van der Waals surface area contributed by atoms with Gasteiger partial charge in [-0.15, -0.1) is 0 Å². The zero-order valence-electron chi connectivity index (χ0n) is 16.9. The van der Waals surface area contributed by atoms with Gasteiger partial charge in [-0.3, -0.25) is 4.79 Å². The number of hydrazone groups is 1. The molecule has 0 saturated carbocycles. The lowest BCUT2D eigenvalue weighted by Crippen LogP contribution is -2.19. The van der Waals surface area contributed by atoms with Crippen molar-refractivity contribution in [3.63, 3.8) is 0 Å². The van der Waals surface area contributed by atoms with Crippen molar-refractivity contribution in [3.05, 3.63) is 83.3 Å². The van der Waals surface area contributed by atoms with E-state index in [1.54, 1.807) is 24.3 Å². The summed E-state index contributed by atoms with van der Waals surface area (Å²) < 4.78 is 16.5. The van der Waals surface area contributed by atoms with Gasteiger partial charge < -0.3 is 19.0 Å². The first-order chi connectivity index (χ1) is 15.0. The molecule has 0 aliphatic carbocycles. The number of hydrogen-bond acceptors (Lipinski definition) is 6. The Morgan fingerprint density at radius 3 is 2.58 bits per heavy atom. The maximum Gasteiger partial charge on any atom is 0.371 e. The Kier molecular flexibility index (Phi) is 7.42. The standard InChI is InChI=1S/C23H22N2O6/c1-2-29-21-12-17(14-24-25-22(26)13-16-6-4-3-5-7-16)8-10-19(21)30-15-18-9-11-20(31-18)23(27)28/h3-12,14H,2,13,15H2,1H3,(H,25,26)(H,27,28). The fourth-order valence-electron chi connectivity index (χ4n) is 2.71. The molecule has 0 aliphatic rings. The number of carbonyl (C=O) groups excluding carboxylic acids is 1. The number of hydrogen-bond donors (Lipinski definition) is 2. The SMILES string of the molecule is CCOc1cc(C=NNC(=O)Cc2ccccc2)ccc1OCc1ccc(C(=O)O)o1. The van der Waals surface area contributed by atoms with Gasteiger partial charge in [0.25, 0.3) is 0 Å². The van der Waals surface area contributed by atoms with Crippen molar-refractivity contribution < 1.29 is 28.6 Å². The number of aromatic carboxylic acids is 1. The van der Waals surface area contributed by atoms with Crippen LogP contribution in [-0.4, -0.2) is 29.8 Å². The third kappa shape index (κ3) is 6.46. The third-order valence-electron chi connectivity index (χ3n) is 4.12. The molecule has 0 radical (unpaired) electrons. The highest BCUT2D eigenvalue weighted by Crippen LogP contribution is 2.29. The topological polar surface area (TPSA) is 110 Å². The molecule has 160 valence electrons. The Morgan fingerprint density at radius 2 is 1.87 bits per heavy atom. The van der Waals surface area contributed by atoms with Crippen molar-refractivity contribution in [2.24, 2.45) is 5.10 Å². The van der Waals surface area contributed by atoms with Crippen LogP contribution in [0.2, 0.25) is 0 Å². The molecule has 0 unspecified atom stereocenters. The number of nitrogens with one attached hydrogen (secondary N) is 1. The normalized spacial score (nSPS) is 10.7. The molecule has 0 spiro atoms. The second kappa shape index (κ2) is 10.6. The van der Waals surface area contributed by atoms with Crippen LogP contribution in [0, 0.1) is 0 Å². The summed E-state index contributed by atoms with van der Waals surface area (Å²) in [6.07, 6.45) is 1.76. The van der Waals surface area contributed by atoms with Crippen molar-refractivity contribution in [3.8, 4) is 11.5 Å². The zero-order chi connectivity index (χ0) is 22.1. The van der Waals surface area contributed by atoms with Crippen LogP contribution in [0.4, 0.5) is 0 Å². The van der Waals surface area contributed by atoms with E-state index in [0.29, 0.717) is 29.4 Å². The first-order valence-electron chi connectivity index (χ1n) is 9.62. The van der Waals surface area contributed by atoms with Crippen molar-refractivity contribution >= 4 is 18.1 Å². The number of ether oxygens (including phenoxy) is 2. The molecule has 0 bridgehead atoms. The van der Waals surface area contributed by atoms with Crippen LogP contribution < -0.4 is 14.9 Å². The summed E-state index contributed by atoms with van der Waals surface area (Å²) in [6, 6.07) is 17.5. The highest BCUT2D eigenvalue weighted by atomic mass is 16.5. The second-order valence-electron chi connectivity index (χ2n) is 6.45. The minimum atomic E-state index is -1.14. The van der Waals surface area contributed by atoms with Crippen molar-refractivity contribution in [1.82, 2.24) is 5.43 Å². The van der Waals surface area contributed by atoms with Gasteiger partial charge in [0.2, 0.25) is 11.7 Å². The van der Waals surface area contributed by atoms with E-state index in [1.807, 2.05) is 37.3 Å². The van der Waals surface area contributed by atoms with Crippen molar-refractivity contribution in [2.75, 3.05) is 6.61 Å². The third-order valence-corrected chi connectivity index (χ3v) is 4.12. The van der Waals surface area contributed by atoms with E-state index in [-0.39, 0.29) is 24.7 Å². The number of rotatable bonds is 10. The van der Waals surface area contributed by atoms with Crippen LogP contribution in [-0.2, 0) is 17.8 Å². The van der Waals surface area contributed by atoms with E-state index in [9.17, 15) is 9.59 Å². The summed E-state index contributed by atoms with van der Waals surface area (Å²) in [5.41, 5.74) is 4.12. The summed E-state index contributed by atoms with van der Waals surface area (Å²) in [6.45, 7) is 2.32. The summed E-state index contributed by atoms with van der Waals surface area (Å²) in [5, 5.41) is 12.9. The molecule has 0 fully saturated rings. The van der Waals surface area contributed by atoms with Gasteiger partial charge in [0, 0.05) is 0 Å². The molecular formula is C23H22N2O6. The fraction of sp³-hybridized carbons (Fsp3) is 0.174. The van der Waals surface area contributed by atoms with Gasteiger partial charge in [0.05, 0.1) is 19.2 Å². The Labute approximate surface area is 179 Å². The Bertz CT molecular complexity index is 1060. The van der Waals surface area contributed by atoms with E-state index in [0.717, 1.165) is 5.56 Å². The van der Waals surface area contributed by atoms with Crippen LogP contribution in [0.25, 0.3) is 0 Å². The number of nitrogens with zero attached hydrogens (tertiary/aromatic N) is 1. The van der Waals surface area contributed by atoms with Crippen molar-refractivity contribution in [1.29, 1.82) is 0 Å². The highest BCUT2D eigenvalue weighted by molar-refractivity contribution is 5.84. The van der Waals surface area contributed by atoms with E-state index < -0.39 is 5.97 Å². The first-order valence-corrected chi connectivity index (χ1v) is 9.62. The number of carbonyl (C=O) groups is 2. The van der Waals surface area contributed by atoms with E-state index in [4.69, 9.17) is 19.0 Å². The van der Waals surface area contributed by atoms with Crippen LogP contribution in [0.1, 0.15) is 34.4 Å². The molecule has 1 heterocycles. The van der Waals surface area contributed by atoms with Gasteiger partial charge >= 0.3 is 5.97 Å². The van der Waals surface area contributed by atoms with Gasteiger partial charge in [-0.1, -0.05) is 30.3 Å². The average molecular weight is 422 g/mol. The molecule has 2 N–H and O–H groups in total. The van der Waals surface area contributed by atoms with Gasteiger partial charge in [0.1, 0.15) is 12.4 Å². The summed E-state index contributed by atoms with van der Waals surface area (Å²) in [5.74, 6) is -0.157. The first kappa shape index (κ1) is 21.6. The summed E-state index contributed by atoms with van der Waals surface area (Å²) >= 11 is 0. The number of carboxylic acids is 1. The van der Waals surface area contributed by atoms with Crippen LogP contribution in [0.3, 0.4) is 0 Å². The molecule has 3 rings (SSSR count). The van der Waals surface area contributed by atoms with Gasteiger partial charge in [-0.2, -0.15) is 5.10 Å². The number of benzene rings is 2. The number of amides is 1. The van der Waals surface area contributed by atoms with Gasteiger partial charge in [0.15, 0.2) is 11.5 Å². The molecule has 8 heteroatoms. The molecule has 3 aromatic rings. The largest absolute Gasteiger partial charge is 0.490 e. The van der Waals surface area contributed by atoms with Crippen LogP contribution in [0.15, 0.2) is 70.2 Å². The lowest BCUT2D eigenvalue weighted by atomic mass is 10.1. The maximum absolute atomic E-state index is 12.0. The van der Waals surface area contributed by atoms with Crippen LogP contribution in [0.5, 0.6) is 11.5 Å².